The summed E-state index contributed by atoms with van der Waals surface area (Å²) in [6, 6.07) is 41.8. The molecular weight excluding hydrogens is 1230 g/mol. The van der Waals surface area contributed by atoms with Gasteiger partial charge < -0.3 is 68.7 Å². The number of nitrogen functional groups attached to an aromatic ring is 4. The molecule has 0 unspecified atom stereocenters. The zero-order chi connectivity index (χ0) is 68.0. The Morgan fingerprint density at radius 3 is 1.57 bits per heavy atom. The number of anilines is 10. The Morgan fingerprint density at radius 2 is 1.07 bits per heavy atom. The number of nitrogens with zero attached hydrogens (tertiary/aromatic N) is 15. The van der Waals surface area contributed by atoms with Gasteiger partial charge in [0.1, 0.15) is 109 Å². The zero-order valence-corrected chi connectivity index (χ0v) is 53.3. The smallest absolute Gasteiger partial charge is 0.145 e. The second kappa shape index (κ2) is 35.6. The summed E-state index contributed by atoms with van der Waals surface area (Å²) in [5, 5.41) is 41.5. The van der Waals surface area contributed by atoms with Crippen LogP contribution in [0.25, 0.3) is 10.9 Å². The molecule has 492 valence electrons. The number of halogens is 1. The molecule has 0 saturated carbocycles. The topological polar surface area (TPSA) is 393 Å². The van der Waals surface area contributed by atoms with Crippen LogP contribution in [-0.2, 0) is 21.1 Å². The molecule has 5 aromatic carbocycles. The Bertz CT molecular complexity index is 4270. The van der Waals surface area contributed by atoms with Crippen molar-refractivity contribution < 1.29 is 28.8 Å². The number of rotatable bonds is 23. The summed E-state index contributed by atoms with van der Waals surface area (Å²) >= 11 is 0. The standard InChI is InChI=1S/C19H16FN7O.C18H18N6O2.2C15H19N5O/c20-14-3-1-2-12(6-14)10-27-17-5-4-15(7-13(17)8-24-27)26-19-16(9-25-28)18(21)22-11-23-19;1-12-8-13(5-6-16(12)26-14-4-3-7-20-9-14)24-18-15(10-23-25-2)17(19)21-11-22-18;2*1-3-21-19-9-13-14(16)17-10-18-15(13)20-11(2)12-7-5-4-6-8-12/h1-9,11,28H,10H2,(H3,21,22,23,26);3-11H,1-2H3,(H3,19,21,22,24);2*4-11H,3H2,1-2H3,(H3,16,17,18,20)/b25-9-;23-10+;2*19-9+/t;;2*11-/m..10/s1. The number of aryl methyl sites for hydroxylation is 1. The Hall–Kier alpha value is -13.0. The van der Waals surface area contributed by atoms with Gasteiger partial charge in [0, 0.05) is 35.0 Å². The van der Waals surface area contributed by atoms with E-state index in [4.69, 9.17) is 47.4 Å². The predicted octanol–water partition coefficient (Wildman–Crippen LogP) is 11.6. The van der Waals surface area contributed by atoms with Gasteiger partial charge in [0.15, 0.2) is 0 Å². The Morgan fingerprint density at radius 1 is 0.562 bits per heavy atom. The third-order valence-corrected chi connectivity index (χ3v) is 13.6. The van der Waals surface area contributed by atoms with E-state index in [-0.39, 0.29) is 23.7 Å². The Labute approximate surface area is 552 Å². The first kappa shape index (κ1) is 68.9. The summed E-state index contributed by atoms with van der Waals surface area (Å²) in [6.45, 7) is 11.2. The van der Waals surface area contributed by atoms with Crippen LogP contribution in [0.15, 0.2) is 198 Å². The molecule has 96 heavy (non-hydrogen) atoms. The summed E-state index contributed by atoms with van der Waals surface area (Å²) in [5.41, 5.74) is 32.2. The molecule has 0 aliphatic carbocycles. The van der Waals surface area contributed by atoms with E-state index in [9.17, 15) is 4.39 Å². The van der Waals surface area contributed by atoms with E-state index in [0.717, 1.165) is 50.3 Å². The highest BCUT2D eigenvalue weighted by Crippen LogP contribution is 2.30. The maximum atomic E-state index is 13.4. The third-order valence-electron chi connectivity index (χ3n) is 13.6. The quantitative estimate of drug-likeness (QED) is 0.0163. The first-order valence-electron chi connectivity index (χ1n) is 29.8. The van der Waals surface area contributed by atoms with E-state index in [1.165, 1.54) is 69.4 Å². The fourth-order valence-corrected chi connectivity index (χ4v) is 8.88. The van der Waals surface area contributed by atoms with Crippen molar-refractivity contribution in [1.29, 1.82) is 0 Å². The minimum absolute atomic E-state index is 0.0831. The number of oxime groups is 4. The average Bonchev–Trinajstić information content (AvgIpc) is 1.65. The Balaban J connectivity index is 0.000000165. The maximum Gasteiger partial charge on any atom is 0.145 e. The van der Waals surface area contributed by atoms with Gasteiger partial charge in [-0.05, 0) is 118 Å². The van der Waals surface area contributed by atoms with Crippen molar-refractivity contribution in [3.8, 4) is 11.5 Å². The second-order valence-electron chi connectivity index (χ2n) is 20.3. The summed E-state index contributed by atoms with van der Waals surface area (Å²) in [4.78, 5) is 51.3. The number of benzene rings is 5. The van der Waals surface area contributed by atoms with Crippen molar-refractivity contribution in [2.24, 2.45) is 20.6 Å². The molecular formula is C67H72FN23O5. The number of fused-ring (bicyclic) bond motifs is 1. The fraction of sp³-hybridized carbons (Fsp3) is 0.164. The molecule has 2 atom stereocenters. The van der Waals surface area contributed by atoms with Gasteiger partial charge in [0.25, 0.3) is 0 Å². The van der Waals surface area contributed by atoms with Gasteiger partial charge in [-0.1, -0.05) is 93.4 Å². The highest BCUT2D eigenvalue weighted by atomic mass is 19.1. The maximum absolute atomic E-state index is 13.4. The summed E-state index contributed by atoms with van der Waals surface area (Å²) in [6.07, 6.45) is 16.3. The van der Waals surface area contributed by atoms with Crippen LogP contribution in [0.5, 0.6) is 11.5 Å². The van der Waals surface area contributed by atoms with Crippen LogP contribution in [0.4, 0.5) is 62.3 Å². The molecule has 11 aromatic rings. The van der Waals surface area contributed by atoms with E-state index in [2.05, 4.69) is 130 Å². The lowest BCUT2D eigenvalue weighted by Crippen LogP contribution is -2.12. The van der Waals surface area contributed by atoms with Crippen molar-refractivity contribution >= 4 is 93.7 Å². The number of hydrogen-bond acceptors (Lipinski definition) is 27. The van der Waals surface area contributed by atoms with Gasteiger partial charge in [0.05, 0.1) is 71.6 Å². The first-order chi connectivity index (χ1) is 46.7. The number of nitrogens with one attached hydrogen (secondary N) is 4. The fourth-order valence-electron chi connectivity index (χ4n) is 8.88. The molecule has 6 aromatic heterocycles. The van der Waals surface area contributed by atoms with Crippen LogP contribution in [0, 0.1) is 12.7 Å². The molecule has 0 aliphatic heterocycles. The van der Waals surface area contributed by atoms with Crippen LogP contribution in [0.2, 0.25) is 0 Å². The van der Waals surface area contributed by atoms with Crippen molar-refractivity contribution in [2.45, 2.75) is 53.2 Å². The van der Waals surface area contributed by atoms with Crippen molar-refractivity contribution in [1.82, 2.24) is 54.6 Å². The van der Waals surface area contributed by atoms with Gasteiger partial charge >= 0.3 is 0 Å². The number of hydrogen-bond donors (Lipinski definition) is 9. The molecule has 0 spiro atoms. The molecule has 11 rings (SSSR count). The molecule has 0 radical (unpaired) electrons. The SMILES string of the molecule is CCO/N=C/c1c(N)ncnc1N[C@@H](C)c1ccccc1.CCO/N=C/c1c(N)ncnc1N[C@H](C)c1ccccc1.CO/N=C/c1c(N)ncnc1Nc1ccc(Oc2cccnc2)c(C)c1.Nc1ncnc(Nc2ccc3c(cnn3Cc3cccc(F)c3)c2)c1/C=N\O. The van der Waals surface area contributed by atoms with E-state index >= 15 is 0 Å². The van der Waals surface area contributed by atoms with Crippen molar-refractivity contribution in [2.75, 3.05) is 64.5 Å². The highest BCUT2D eigenvalue weighted by molar-refractivity contribution is 5.95. The lowest BCUT2D eigenvalue weighted by atomic mass is 10.1. The van der Waals surface area contributed by atoms with Crippen LogP contribution >= 0.6 is 0 Å². The molecule has 28 nitrogen and oxygen atoms in total. The van der Waals surface area contributed by atoms with Gasteiger partial charge in [-0.3, -0.25) is 9.67 Å². The first-order valence-corrected chi connectivity index (χ1v) is 29.8. The number of aromatic nitrogens is 11. The minimum Gasteiger partial charge on any atom is -0.455 e. The highest BCUT2D eigenvalue weighted by Gasteiger charge is 2.16. The number of nitrogens with two attached hydrogens (primary N) is 4. The van der Waals surface area contributed by atoms with E-state index in [0.29, 0.717) is 88.5 Å². The van der Waals surface area contributed by atoms with Crippen LogP contribution in [0.1, 0.15) is 84.3 Å². The monoisotopic (exact) mass is 1300 g/mol. The number of pyridine rings is 1. The van der Waals surface area contributed by atoms with Gasteiger partial charge in [-0.15, -0.1) is 0 Å². The van der Waals surface area contributed by atoms with Gasteiger partial charge in [-0.2, -0.15) is 5.10 Å². The summed E-state index contributed by atoms with van der Waals surface area (Å²) in [7, 11) is 1.45. The molecule has 0 aliphatic rings. The third kappa shape index (κ3) is 20.0. The van der Waals surface area contributed by atoms with Crippen LogP contribution < -0.4 is 48.9 Å². The molecule has 6 heterocycles. The second-order valence-corrected chi connectivity index (χ2v) is 20.3. The van der Waals surface area contributed by atoms with Gasteiger partial charge in [-0.25, -0.2) is 44.3 Å². The molecule has 0 amide bonds. The Kier molecular flexibility index (Phi) is 25.6. The van der Waals surface area contributed by atoms with Crippen molar-refractivity contribution in [3.05, 3.63) is 228 Å². The molecule has 0 bridgehead atoms. The van der Waals surface area contributed by atoms with E-state index in [1.807, 2.05) is 112 Å². The molecule has 0 fully saturated rings. The van der Waals surface area contributed by atoms with Gasteiger partial charge in [0.2, 0.25) is 0 Å². The zero-order valence-electron chi connectivity index (χ0n) is 53.3. The largest absolute Gasteiger partial charge is 0.455 e. The molecule has 29 heteroatoms. The summed E-state index contributed by atoms with van der Waals surface area (Å²) < 4.78 is 21.0. The van der Waals surface area contributed by atoms with E-state index < -0.39 is 0 Å². The van der Waals surface area contributed by atoms with Crippen molar-refractivity contribution in [3.63, 3.8) is 0 Å². The summed E-state index contributed by atoms with van der Waals surface area (Å²) in [5.74, 6) is 4.56. The normalized spacial score (nSPS) is 11.6. The molecule has 13 N–H and O–H groups in total. The average molecular weight is 1300 g/mol. The van der Waals surface area contributed by atoms with E-state index in [1.54, 1.807) is 29.3 Å². The molecule has 0 saturated heterocycles. The predicted molar refractivity (Wildman–Crippen MR) is 372 cm³/mol. The lowest BCUT2D eigenvalue weighted by molar-refractivity contribution is 0.160. The lowest BCUT2D eigenvalue weighted by Gasteiger charge is -2.16. The number of ether oxygens (including phenoxy) is 1. The van der Waals surface area contributed by atoms with Crippen LogP contribution in [-0.4, -0.2) is 105 Å². The minimum atomic E-state index is -0.271. The van der Waals surface area contributed by atoms with Crippen LogP contribution in [0.3, 0.4) is 0 Å².